The topological polar surface area (TPSA) is 99.4 Å². The van der Waals surface area contributed by atoms with E-state index in [1.54, 1.807) is 0 Å². The van der Waals surface area contributed by atoms with Gasteiger partial charge in [0.15, 0.2) is 0 Å². The Labute approximate surface area is 87.1 Å². The third kappa shape index (κ3) is 1.89. The van der Waals surface area contributed by atoms with Gasteiger partial charge in [-0.1, -0.05) is 0 Å². The fraction of sp³-hybridized carbons (Fsp3) is 1.00. The lowest BCUT2D eigenvalue weighted by Crippen LogP contribution is -2.65. The molecule has 0 amide bonds. The van der Waals surface area contributed by atoms with E-state index in [1.165, 1.54) is 6.92 Å². The van der Waals surface area contributed by atoms with Crippen LogP contribution >= 0.6 is 0 Å². The first-order valence-electron chi connectivity index (χ1n) is 4.99. The van der Waals surface area contributed by atoms with E-state index in [2.05, 4.69) is 0 Å². The van der Waals surface area contributed by atoms with Crippen molar-refractivity contribution in [3.8, 4) is 0 Å². The molecule has 2 bridgehead atoms. The number of aliphatic hydroxyl groups excluding tert-OH is 3. The van der Waals surface area contributed by atoms with E-state index in [4.69, 9.17) is 14.6 Å². The molecule has 15 heavy (non-hydrogen) atoms. The maximum atomic E-state index is 9.76. The van der Waals surface area contributed by atoms with Crippen LogP contribution in [-0.2, 0) is 9.47 Å². The van der Waals surface area contributed by atoms with Gasteiger partial charge in [0.25, 0.3) is 5.97 Å². The summed E-state index contributed by atoms with van der Waals surface area (Å²) in [5, 5.41) is 38.1. The monoisotopic (exact) mass is 220 g/mol. The highest BCUT2D eigenvalue weighted by Gasteiger charge is 2.53. The number of aliphatic hydroxyl groups is 4. The van der Waals surface area contributed by atoms with E-state index in [-0.39, 0.29) is 12.5 Å². The first-order valence-corrected chi connectivity index (χ1v) is 4.99. The van der Waals surface area contributed by atoms with Crippen molar-refractivity contribution in [1.82, 2.24) is 0 Å². The largest absolute Gasteiger partial charge is 0.396 e. The summed E-state index contributed by atoms with van der Waals surface area (Å²) in [6.45, 7) is 1.09. The van der Waals surface area contributed by atoms with E-state index in [9.17, 15) is 15.3 Å². The average Bonchev–Trinajstić information content (AvgIpc) is 2.15. The van der Waals surface area contributed by atoms with E-state index in [0.717, 1.165) is 0 Å². The van der Waals surface area contributed by atoms with Gasteiger partial charge in [-0.2, -0.15) is 0 Å². The highest BCUT2D eigenvalue weighted by Crippen LogP contribution is 2.37. The van der Waals surface area contributed by atoms with Crippen molar-refractivity contribution in [3.63, 3.8) is 0 Å². The predicted molar refractivity (Wildman–Crippen MR) is 47.6 cm³/mol. The van der Waals surface area contributed by atoms with Crippen LogP contribution in [0.1, 0.15) is 13.3 Å². The molecule has 2 aliphatic rings. The fourth-order valence-electron chi connectivity index (χ4n) is 2.30. The molecule has 88 valence electrons. The second kappa shape index (κ2) is 3.65. The van der Waals surface area contributed by atoms with E-state index in [1.807, 2.05) is 0 Å². The molecule has 1 saturated carbocycles. The minimum absolute atomic E-state index is 0.207. The number of hydrogen-bond donors (Lipinski definition) is 4. The van der Waals surface area contributed by atoms with Gasteiger partial charge >= 0.3 is 0 Å². The van der Waals surface area contributed by atoms with Crippen molar-refractivity contribution in [2.45, 2.75) is 43.7 Å². The van der Waals surface area contributed by atoms with Gasteiger partial charge < -0.3 is 29.9 Å². The Bertz CT molecular complexity index is 241. The molecular weight excluding hydrogens is 204 g/mol. The van der Waals surface area contributed by atoms with Crippen molar-refractivity contribution in [2.24, 2.45) is 5.92 Å². The van der Waals surface area contributed by atoms with Gasteiger partial charge in [-0.3, -0.25) is 0 Å². The molecule has 6 nitrogen and oxygen atoms in total. The average molecular weight is 220 g/mol. The van der Waals surface area contributed by atoms with Gasteiger partial charge in [-0.15, -0.1) is 0 Å². The van der Waals surface area contributed by atoms with Crippen molar-refractivity contribution in [1.29, 1.82) is 0 Å². The first-order chi connectivity index (χ1) is 6.94. The summed E-state index contributed by atoms with van der Waals surface area (Å²) >= 11 is 0. The van der Waals surface area contributed by atoms with Crippen LogP contribution in [0, 0.1) is 5.92 Å². The van der Waals surface area contributed by atoms with Crippen LogP contribution in [0.4, 0.5) is 0 Å². The van der Waals surface area contributed by atoms with E-state index < -0.39 is 30.4 Å². The van der Waals surface area contributed by atoms with Crippen LogP contribution in [0.5, 0.6) is 0 Å². The molecule has 6 atom stereocenters. The van der Waals surface area contributed by atoms with Crippen LogP contribution in [0.25, 0.3) is 0 Å². The zero-order chi connectivity index (χ0) is 11.2. The van der Waals surface area contributed by atoms with Gasteiger partial charge in [0.1, 0.15) is 12.2 Å². The maximum Gasteiger partial charge on any atom is 0.278 e. The van der Waals surface area contributed by atoms with Crippen LogP contribution in [-0.4, -0.2) is 57.4 Å². The summed E-state index contributed by atoms with van der Waals surface area (Å²) in [6.07, 6.45) is -3.19. The fourth-order valence-corrected chi connectivity index (χ4v) is 2.30. The Morgan fingerprint density at radius 1 is 1.27 bits per heavy atom. The normalized spacial score (nSPS) is 55.4. The molecule has 1 aliphatic carbocycles. The lowest BCUT2D eigenvalue weighted by molar-refractivity contribution is -0.449. The second-order valence-electron chi connectivity index (χ2n) is 4.30. The Morgan fingerprint density at radius 3 is 2.47 bits per heavy atom. The molecule has 0 aromatic rings. The third-order valence-electron chi connectivity index (χ3n) is 3.01. The van der Waals surface area contributed by atoms with Gasteiger partial charge in [0.05, 0.1) is 12.2 Å². The van der Waals surface area contributed by atoms with Crippen LogP contribution < -0.4 is 0 Å². The molecule has 0 aromatic carbocycles. The molecule has 1 heterocycles. The van der Waals surface area contributed by atoms with Crippen LogP contribution in [0.3, 0.4) is 0 Å². The Kier molecular flexibility index (Phi) is 2.74. The van der Waals surface area contributed by atoms with E-state index in [0.29, 0.717) is 6.42 Å². The number of ether oxygens (including phenoxy) is 2. The van der Waals surface area contributed by atoms with Crippen LogP contribution in [0.15, 0.2) is 0 Å². The van der Waals surface area contributed by atoms with Gasteiger partial charge in [-0.25, -0.2) is 0 Å². The molecule has 6 heteroatoms. The smallest absolute Gasteiger partial charge is 0.278 e. The van der Waals surface area contributed by atoms with Crippen molar-refractivity contribution in [2.75, 3.05) is 6.61 Å². The molecule has 0 spiro atoms. The summed E-state index contributed by atoms with van der Waals surface area (Å²) in [6, 6.07) is 0. The summed E-state index contributed by atoms with van der Waals surface area (Å²) in [5.41, 5.74) is 0. The third-order valence-corrected chi connectivity index (χ3v) is 3.01. The summed E-state index contributed by atoms with van der Waals surface area (Å²) in [4.78, 5) is 0. The zero-order valence-corrected chi connectivity index (χ0v) is 8.41. The highest BCUT2D eigenvalue weighted by atomic mass is 16.8. The van der Waals surface area contributed by atoms with Crippen molar-refractivity contribution in [3.05, 3.63) is 0 Å². The van der Waals surface area contributed by atoms with Gasteiger partial charge in [0.2, 0.25) is 0 Å². The lowest BCUT2D eigenvalue weighted by atomic mass is 9.80. The zero-order valence-electron chi connectivity index (χ0n) is 8.41. The van der Waals surface area contributed by atoms with Gasteiger partial charge in [-0.05, 0) is 6.42 Å². The quantitative estimate of drug-likeness (QED) is 0.415. The molecule has 4 N–H and O–H groups in total. The maximum absolute atomic E-state index is 9.76. The summed E-state index contributed by atoms with van der Waals surface area (Å²) < 4.78 is 10.1. The molecule has 0 aromatic heterocycles. The minimum Gasteiger partial charge on any atom is -0.396 e. The standard InChI is InChI=1S/C9H16O6/c1-9(13)14-7-4(3-10)2-5(11)8(15-9)6(7)12/h4-8,10-13H,2-3H2,1H3/t4?,5-,6+,7+,8?,9?/m0/s1. The predicted octanol–water partition coefficient (Wildman–Crippen LogP) is -1.83. The number of hydrogen-bond acceptors (Lipinski definition) is 6. The van der Waals surface area contributed by atoms with Crippen molar-refractivity contribution < 1.29 is 29.9 Å². The summed E-state index contributed by atoms with van der Waals surface area (Å²) in [5.74, 6) is -2.20. The second-order valence-corrected chi connectivity index (χ2v) is 4.30. The molecule has 2 rings (SSSR count). The SMILES string of the molecule is CC1(O)OC2[C@@H](O)CC(CO)[C@@H](O1)[C@H]2O. The molecule has 1 saturated heterocycles. The van der Waals surface area contributed by atoms with Crippen molar-refractivity contribution >= 4 is 0 Å². The highest BCUT2D eigenvalue weighted by molar-refractivity contribution is 4.97. The first kappa shape index (κ1) is 11.3. The lowest BCUT2D eigenvalue weighted by Gasteiger charge is -2.50. The Morgan fingerprint density at radius 2 is 1.87 bits per heavy atom. The molecule has 1 aliphatic heterocycles. The Hall–Kier alpha value is -0.240. The van der Waals surface area contributed by atoms with Gasteiger partial charge in [0, 0.05) is 19.4 Å². The minimum atomic E-state index is -1.82. The summed E-state index contributed by atoms with van der Waals surface area (Å²) in [7, 11) is 0. The number of fused-ring (bicyclic) bond motifs is 2. The molecule has 0 radical (unpaired) electrons. The van der Waals surface area contributed by atoms with E-state index >= 15 is 0 Å². The molecular formula is C9H16O6. The molecule has 3 unspecified atom stereocenters. The Balaban J connectivity index is 2.22. The number of rotatable bonds is 1. The molecule has 2 fully saturated rings. The van der Waals surface area contributed by atoms with Crippen LogP contribution in [0.2, 0.25) is 0 Å².